The van der Waals surface area contributed by atoms with E-state index >= 15 is 0 Å². The molecular weight excluding hydrogens is 274 g/mol. The summed E-state index contributed by atoms with van der Waals surface area (Å²) in [7, 11) is 0. The molecule has 0 saturated heterocycles. The Morgan fingerprint density at radius 3 is 0.600 bits per heavy atom. The molecule has 0 aliphatic rings. The van der Waals surface area contributed by atoms with Gasteiger partial charge in [0.2, 0.25) is 0 Å². The van der Waals surface area contributed by atoms with Gasteiger partial charge in [-0.15, -0.1) is 0 Å². The van der Waals surface area contributed by atoms with Crippen molar-refractivity contribution >= 4 is 0 Å². The molecule has 0 amide bonds. The first-order chi connectivity index (χ1) is 2.83. The van der Waals surface area contributed by atoms with Crippen LogP contribution in [0.5, 0.6) is 0 Å². The van der Waals surface area contributed by atoms with Crippen LogP contribution in [0.1, 0.15) is 27.7 Å². The van der Waals surface area contributed by atoms with Crippen LogP contribution in [-0.2, 0) is 65.4 Å². The van der Waals surface area contributed by atoms with Crippen LogP contribution in [0.3, 0.4) is 0 Å². The third-order valence-electron chi connectivity index (χ3n) is 0. The van der Waals surface area contributed by atoms with Crippen molar-refractivity contribution in [1.82, 2.24) is 0 Å². The molecule has 0 heterocycles. The molecule has 2 heteroatoms. The van der Waals surface area contributed by atoms with Crippen molar-refractivity contribution in [3.8, 4) is 0 Å². The van der Waals surface area contributed by atoms with Gasteiger partial charge in [-0.25, -0.2) is 0 Å². The van der Waals surface area contributed by atoms with E-state index in [0.29, 0.717) is 0 Å². The SMILES string of the molecule is C[CH-]C.C[CH-]C.[CH3-].[CH3-].[Y].[Y]. The van der Waals surface area contributed by atoms with Crippen molar-refractivity contribution in [2.45, 2.75) is 27.7 Å². The summed E-state index contributed by atoms with van der Waals surface area (Å²) in [6.45, 7) is 8.00. The molecule has 0 saturated carbocycles. The molecule has 0 bridgehead atoms. The number of hydrogen-bond donors (Lipinski definition) is 0. The minimum atomic E-state index is 0. The summed E-state index contributed by atoms with van der Waals surface area (Å²) in [4.78, 5) is 0. The van der Waals surface area contributed by atoms with Crippen molar-refractivity contribution in [3.05, 3.63) is 27.7 Å². The zero-order valence-corrected chi connectivity index (χ0v) is 14.0. The zero-order chi connectivity index (χ0) is 5.41. The first-order valence-electron chi connectivity index (χ1n) is 2.31. The maximum atomic E-state index is 2.00. The Bertz CT molecular complexity index is 9.22. The molecule has 0 aromatic heterocycles. The fraction of sp³-hybridized carbons (Fsp3) is 0.500. The van der Waals surface area contributed by atoms with Crippen molar-refractivity contribution in [2.24, 2.45) is 0 Å². The molecule has 0 aliphatic heterocycles. The molecule has 0 spiro atoms. The molecule has 0 aromatic carbocycles. The third-order valence-corrected chi connectivity index (χ3v) is 0. The molecule has 62 valence electrons. The normalized spacial score (nSPS) is 3.60. The average molecular weight is 294 g/mol. The molecule has 0 atom stereocenters. The van der Waals surface area contributed by atoms with Gasteiger partial charge in [0.15, 0.2) is 0 Å². The van der Waals surface area contributed by atoms with Gasteiger partial charge in [0.1, 0.15) is 0 Å². The quantitative estimate of drug-likeness (QED) is 0.601. The predicted molar refractivity (Wildman–Crippen MR) is 44.1 cm³/mol. The number of hydrogen-bond acceptors (Lipinski definition) is 0. The van der Waals surface area contributed by atoms with Crippen LogP contribution in [0.4, 0.5) is 0 Å². The summed E-state index contributed by atoms with van der Waals surface area (Å²) in [6.07, 6.45) is 4.00. The Hall–Kier alpha value is 2.21. The maximum Gasteiger partial charge on any atom is 0 e. The van der Waals surface area contributed by atoms with Crippen LogP contribution in [-0.4, -0.2) is 0 Å². The van der Waals surface area contributed by atoms with Crippen LogP contribution < -0.4 is 0 Å². The fourth-order valence-corrected chi connectivity index (χ4v) is 0. The van der Waals surface area contributed by atoms with Gasteiger partial charge in [0, 0.05) is 65.4 Å². The summed E-state index contributed by atoms with van der Waals surface area (Å²) in [5, 5.41) is 0. The van der Waals surface area contributed by atoms with Gasteiger partial charge in [0.25, 0.3) is 0 Å². The van der Waals surface area contributed by atoms with Crippen LogP contribution in [0, 0.1) is 27.7 Å². The monoisotopic (exact) mass is 294 g/mol. The van der Waals surface area contributed by atoms with Crippen molar-refractivity contribution in [3.63, 3.8) is 0 Å². The smallest absolute Gasteiger partial charge is 0 e. The van der Waals surface area contributed by atoms with Gasteiger partial charge in [-0.05, 0) is 0 Å². The van der Waals surface area contributed by atoms with E-state index in [0.717, 1.165) is 0 Å². The van der Waals surface area contributed by atoms with E-state index in [4.69, 9.17) is 0 Å². The Morgan fingerprint density at radius 1 is 0.600 bits per heavy atom. The zero-order valence-electron chi connectivity index (χ0n) is 8.31. The van der Waals surface area contributed by atoms with Crippen molar-refractivity contribution in [1.29, 1.82) is 0 Å². The topological polar surface area (TPSA) is 0 Å². The first kappa shape index (κ1) is 39.8. The largest absolute Gasteiger partial charge is 0.358 e. The van der Waals surface area contributed by atoms with Gasteiger partial charge in [-0.1, -0.05) is 0 Å². The predicted octanol–water partition coefficient (Wildman–Crippen LogP) is 3.36. The Balaban J connectivity index is -0.00000000571. The van der Waals surface area contributed by atoms with E-state index < -0.39 is 0 Å². The fourth-order valence-electron chi connectivity index (χ4n) is 0. The van der Waals surface area contributed by atoms with Crippen LogP contribution in [0.2, 0.25) is 0 Å². The molecule has 0 rings (SSSR count). The summed E-state index contributed by atoms with van der Waals surface area (Å²) in [6, 6.07) is 0. The standard InChI is InChI=1S/2C3H7.2CH3.2Y/c2*1-3-2;;;;/h2*3H,1-2H3;2*1H3;;/q4*-1;;. The summed E-state index contributed by atoms with van der Waals surface area (Å²) in [5.41, 5.74) is 0. The minimum Gasteiger partial charge on any atom is -0.358 e. The van der Waals surface area contributed by atoms with E-state index in [9.17, 15) is 0 Å². The Kier molecular flexibility index (Phi) is 262. The molecule has 10 heavy (non-hydrogen) atoms. The molecule has 0 N–H and O–H groups in total. The Labute approximate surface area is 119 Å². The van der Waals surface area contributed by atoms with Gasteiger partial charge < -0.3 is 27.7 Å². The summed E-state index contributed by atoms with van der Waals surface area (Å²) < 4.78 is 0. The van der Waals surface area contributed by atoms with Gasteiger partial charge in [0.05, 0.1) is 0 Å². The van der Waals surface area contributed by atoms with Crippen molar-refractivity contribution in [2.75, 3.05) is 0 Å². The van der Waals surface area contributed by atoms with Gasteiger partial charge >= 0.3 is 0 Å². The van der Waals surface area contributed by atoms with E-state index in [-0.39, 0.29) is 80.3 Å². The first-order valence-corrected chi connectivity index (χ1v) is 2.31. The molecule has 2 radical (unpaired) electrons. The van der Waals surface area contributed by atoms with E-state index in [2.05, 4.69) is 0 Å². The third kappa shape index (κ3) is 178. The molecule has 0 fully saturated rings. The average Bonchev–Trinajstić information content (AvgIpc) is 1.39. The molecule has 0 aromatic rings. The van der Waals surface area contributed by atoms with Gasteiger partial charge in [-0.2, -0.15) is 27.7 Å². The maximum absolute atomic E-state index is 2.00. The van der Waals surface area contributed by atoms with Crippen molar-refractivity contribution < 1.29 is 65.4 Å². The van der Waals surface area contributed by atoms with Gasteiger partial charge in [-0.3, -0.25) is 0 Å². The van der Waals surface area contributed by atoms with Crippen LogP contribution >= 0.6 is 0 Å². The minimum absolute atomic E-state index is 0. The van der Waals surface area contributed by atoms with E-state index in [1.807, 2.05) is 40.5 Å². The second-order valence-electron chi connectivity index (χ2n) is 1.15. The molecular formula is C8H20Y2-4. The van der Waals surface area contributed by atoms with E-state index in [1.54, 1.807) is 0 Å². The van der Waals surface area contributed by atoms with Crippen LogP contribution in [0.15, 0.2) is 0 Å². The molecule has 0 unspecified atom stereocenters. The second kappa shape index (κ2) is 66.0. The summed E-state index contributed by atoms with van der Waals surface area (Å²) in [5.74, 6) is 0. The van der Waals surface area contributed by atoms with Crippen LogP contribution in [0.25, 0.3) is 0 Å². The number of rotatable bonds is 0. The Morgan fingerprint density at radius 2 is 0.600 bits per heavy atom. The summed E-state index contributed by atoms with van der Waals surface area (Å²) >= 11 is 0. The van der Waals surface area contributed by atoms with E-state index in [1.165, 1.54) is 0 Å². The second-order valence-corrected chi connectivity index (χ2v) is 1.15. The molecule has 0 nitrogen and oxygen atoms in total. The molecule has 0 aliphatic carbocycles.